The second-order valence-corrected chi connectivity index (χ2v) is 15.7. The molecule has 57 heavy (non-hydrogen) atoms. The molecule has 0 unspecified atom stereocenters. The Morgan fingerprint density at radius 2 is 1.04 bits per heavy atom. The molecule has 0 aliphatic carbocycles. The molecule has 0 fully saturated rings. The maximum Gasteiger partial charge on any atom is 0.138 e. The third-order valence-corrected chi connectivity index (χ3v) is 12.5. The molecular formula is C52H32N4S. The first-order valence-corrected chi connectivity index (χ1v) is 20.0. The van der Waals surface area contributed by atoms with Crippen LogP contribution in [0.1, 0.15) is 0 Å². The van der Waals surface area contributed by atoms with E-state index in [1.807, 2.05) is 12.3 Å². The average Bonchev–Trinajstić information content (AvgIpc) is 3.94. The van der Waals surface area contributed by atoms with Crippen LogP contribution in [0.25, 0.3) is 109 Å². The summed E-state index contributed by atoms with van der Waals surface area (Å²) >= 11 is 1.80. The first kappa shape index (κ1) is 32.0. The molecule has 7 aromatic carbocycles. The molecule has 266 valence electrons. The summed E-state index contributed by atoms with van der Waals surface area (Å²) in [6.45, 7) is 0. The minimum absolute atomic E-state index is 0.891. The van der Waals surface area contributed by atoms with Gasteiger partial charge in [0.15, 0.2) is 0 Å². The van der Waals surface area contributed by atoms with Gasteiger partial charge in [0.05, 0.1) is 38.0 Å². The quantitative estimate of drug-likeness (QED) is 0.176. The highest BCUT2D eigenvalue weighted by Gasteiger charge is 2.19. The fourth-order valence-corrected chi connectivity index (χ4v) is 9.78. The molecule has 0 N–H and O–H groups in total. The van der Waals surface area contributed by atoms with Crippen molar-refractivity contribution >= 4 is 75.3 Å². The highest BCUT2D eigenvalue weighted by Crippen LogP contribution is 2.40. The molecule has 0 aliphatic heterocycles. The third kappa shape index (κ3) is 5.06. The van der Waals surface area contributed by atoms with E-state index < -0.39 is 0 Å². The van der Waals surface area contributed by atoms with E-state index in [1.165, 1.54) is 52.9 Å². The monoisotopic (exact) mass is 744 g/mol. The van der Waals surface area contributed by atoms with Crippen LogP contribution in [0.4, 0.5) is 0 Å². The fourth-order valence-electron chi connectivity index (χ4n) is 8.74. The van der Waals surface area contributed by atoms with Crippen molar-refractivity contribution in [3.05, 3.63) is 194 Å². The van der Waals surface area contributed by atoms with E-state index in [0.29, 0.717) is 0 Å². The molecule has 4 nitrogen and oxygen atoms in total. The first-order valence-electron chi connectivity index (χ1n) is 19.2. The SMILES string of the molecule is c1ccc(-c2cc(-c3ccccc3)nc(-n3c4ccccc4c4ccc(-c5ccc6c(c5)c5ccccc5n6-c5ccc6sc7cccnc7c6c5)cc43)c2)cc1. The Labute approximate surface area is 332 Å². The van der Waals surface area contributed by atoms with E-state index in [0.717, 1.165) is 56.0 Å². The van der Waals surface area contributed by atoms with Gasteiger partial charge in [-0.15, -0.1) is 11.3 Å². The van der Waals surface area contributed by atoms with Crippen LogP contribution in [0.5, 0.6) is 0 Å². The van der Waals surface area contributed by atoms with Crippen LogP contribution >= 0.6 is 11.3 Å². The smallest absolute Gasteiger partial charge is 0.138 e. The summed E-state index contributed by atoms with van der Waals surface area (Å²) in [5.41, 5.74) is 13.5. The summed E-state index contributed by atoms with van der Waals surface area (Å²) in [6, 6.07) is 67.7. The van der Waals surface area contributed by atoms with E-state index >= 15 is 0 Å². The minimum Gasteiger partial charge on any atom is -0.309 e. The molecular weight excluding hydrogens is 713 g/mol. The molecule has 0 atom stereocenters. The van der Waals surface area contributed by atoms with Crippen molar-refractivity contribution in [2.24, 2.45) is 0 Å². The van der Waals surface area contributed by atoms with Gasteiger partial charge in [-0.25, -0.2) is 4.98 Å². The minimum atomic E-state index is 0.891. The van der Waals surface area contributed by atoms with Gasteiger partial charge in [-0.05, 0) is 95.1 Å². The van der Waals surface area contributed by atoms with E-state index in [2.05, 4.69) is 191 Å². The van der Waals surface area contributed by atoms with Gasteiger partial charge in [-0.1, -0.05) is 115 Å². The molecule has 12 rings (SSSR count). The Morgan fingerprint density at radius 3 is 1.86 bits per heavy atom. The summed E-state index contributed by atoms with van der Waals surface area (Å²) in [5, 5.41) is 6.05. The highest BCUT2D eigenvalue weighted by atomic mass is 32.1. The lowest BCUT2D eigenvalue weighted by Crippen LogP contribution is -2.00. The lowest BCUT2D eigenvalue weighted by atomic mass is 10.0. The molecule has 0 radical (unpaired) electrons. The van der Waals surface area contributed by atoms with Crippen LogP contribution < -0.4 is 0 Å². The van der Waals surface area contributed by atoms with Crippen LogP contribution in [0.15, 0.2) is 194 Å². The number of pyridine rings is 2. The van der Waals surface area contributed by atoms with Crippen LogP contribution in [0, 0.1) is 0 Å². The van der Waals surface area contributed by atoms with Gasteiger partial charge in [0.2, 0.25) is 0 Å². The molecule has 12 aromatic rings. The molecule has 0 aliphatic rings. The van der Waals surface area contributed by atoms with Gasteiger partial charge >= 0.3 is 0 Å². The summed E-state index contributed by atoms with van der Waals surface area (Å²) in [4.78, 5) is 10.1. The number of thiophene rings is 1. The maximum absolute atomic E-state index is 5.37. The van der Waals surface area contributed by atoms with Gasteiger partial charge in [0, 0.05) is 49.1 Å². The predicted molar refractivity (Wildman–Crippen MR) is 240 cm³/mol. The third-order valence-electron chi connectivity index (χ3n) is 11.4. The van der Waals surface area contributed by atoms with Gasteiger partial charge in [0.1, 0.15) is 5.82 Å². The number of nitrogens with zero attached hydrogens (tertiary/aromatic N) is 4. The number of rotatable bonds is 5. The molecule has 0 saturated carbocycles. The maximum atomic E-state index is 5.37. The molecule has 0 saturated heterocycles. The second-order valence-electron chi connectivity index (χ2n) is 14.6. The zero-order valence-corrected chi connectivity index (χ0v) is 31.5. The molecule has 0 spiro atoms. The lowest BCUT2D eigenvalue weighted by Gasteiger charge is -2.13. The summed E-state index contributed by atoms with van der Waals surface area (Å²) in [5.74, 6) is 0.891. The van der Waals surface area contributed by atoms with Crippen molar-refractivity contribution in [3.8, 4) is 45.0 Å². The summed E-state index contributed by atoms with van der Waals surface area (Å²) < 4.78 is 7.21. The number of para-hydroxylation sites is 2. The Bertz CT molecular complexity index is 3460. The number of aromatic nitrogens is 4. The molecule has 5 aromatic heterocycles. The zero-order chi connectivity index (χ0) is 37.5. The Hall–Kier alpha value is -7.34. The van der Waals surface area contributed by atoms with Gasteiger partial charge in [-0.2, -0.15) is 0 Å². The van der Waals surface area contributed by atoms with Crippen molar-refractivity contribution in [3.63, 3.8) is 0 Å². The average molecular weight is 745 g/mol. The molecule has 0 bridgehead atoms. The molecule has 5 heteroatoms. The normalized spacial score (nSPS) is 11.9. The predicted octanol–water partition coefficient (Wildman–Crippen LogP) is 14.0. The zero-order valence-electron chi connectivity index (χ0n) is 30.7. The van der Waals surface area contributed by atoms with Crippen molar-refractivity contribution < 1.29 is 0 Å². The van der Waals surface area contributed by atoms with E-state index in [-0.39, 0.29) is 0 Å². The van der Waals surface area contributed by atoms with Crippen LogP contribution in [0.2, 0.25) is 0 Å². The fraction of sp³-hybridized carbons (Fsp3) is 0. The lowest BCUT2D eigenvalue weighted by molar-refractivity contribution is 1.08. The number of hydrogen-bond donors (Lipinski definition) is 0. The van der Waals surface area contributed by atoms with Crippen molar-refractivity contribution in [2.45, 2.75) is 0 Å². The van der Waals surface area contributed by atoms with Gasteiger partial charge < -0.3 is 4.57 Å². The summed E-state index contributed by atoms with van der Waals surface area (Å²) in [6.07, 6.45) is 1.89. The Kier molecular flexibility index (Phi) is 7.06. The molecule has 0 amide bonds. The topological polar surface area (TPSA) is 35.6 Å². The summed E-state index contributed by atoms with van der Waals surface area (Å²) in [7, 11) is 0. The Balaban J connectivity index is 1.05. The molecule has 5 heterocycles. The van der Waals surface area contributed by atoms with Crippen LogP contribution in [0.3, 0.4) is 0 Å². The number of fused-ring (bicyclic) bond motifs is 9. The van der Waals surface area contributed by atoms with E-state index in [4.69, 9.17) is 9.97 Å². The van der Waals surface area contributed by atoms with Crippen LogP contribution in [-0.2, 0) is 0 Å². The van der Waals surface area contributed by atoms with Gasteiger partial charge in [0.25, 0.3) is 0 Å². The van der Waals surface area contributed by atoms with Gasteiger partial charge in [-0.3, -0.25) is 9.55 Å². The highest BCUT2D eigenvalue weighted by molar-refractivity contribution is 7.25. The second kappa shape index (κ2) is 12.6. The van der Waals surface area contributed by atoms with E-state index in [9.17, 15) is 0 Å². The first-order chi connectivity index (χ1) is 28.2. The standard InChI is InChI=1S/C52H32N4S/c1-3-12-33(13-4-1)37-29-44(34-14-5-2-6-15-34)54-51(31-37)56-46-19-10-7-16-39(46)41-24-21-36(30-48(41)56)35-22-25-47-42(28-35)40-17-8-9-18-45(40)55(47)38-23-26-49-43(32-38)52-50(57-49)20-11-27-53-52/h1-32H. The van der Waals surface area contributed by atoms with Crippen LogP contribution in [-0.4, -0.2) is 19.1 Å². The van der Waals surface area contributed by atoms with E-state index in [1.54, 1.807) is 11.3 Å². The largest absolute Gasteiger partial charge is 0.309 e. The Morgan fingerprint density at radius 1 is 0.368 bits per heavy atom. The van der Waals surface area contributed by atoms with Crippen molar-refractivity contribution in [1.82, 2.24) is 19.1 Å². The van der Waals surface area contributed by atoms with Crippen molar-refractivity contribution in [1.29, 1.82) is 0 Å². The number of hydrogen-bond acceptors (Lipinski definition) is 3. The van der Waals surface area contributed by atoms with Crippen molar-refractivity contribution in [2.75, 3.05) is 0 Å². The number of benzene rings is 7.